The molecule has 0 heterocycles. The predicted octanol–water partition coefficient (Wildman–Crippen LogP) is 8.17. The second-order valence-electron chi connectivity index (χ2n) is 11.3. The van der Waals surface area contributed by atoms with E-state index in [2.05, 4.69) is 93.7 Å². The van der Waals surface area contributed by atoms with Crippen LogP contribution in [0.4, 0.5) is 0 Å². The molecule has 0 aliphatic rings. The van der Waals surface area contributed by atoms with Gasteiger partial charge in [-0.25, -0.2) is 0 Å². The Balaban J connectivity index is 2.49. The van der Waals surface area contributed by atoms with E-state index in [1.54, 1.807) is 0 Å². The second-order valence-corrected chi connectivity index (χ2v) is 15.6. The second kappa shape index (κ2) is 18.1. The van der Waals surface area contributed by atoms with Crippen molar-refractivity contribution in [3.05, 3.63) is 115 Å². The van der Waals surface area contributed by atoms with Crippen LogP contribution in [-0.2, 0) is 9.22 Å². The molecule has 0 radical (unpaired) electrons. The van der Waals surface area contributed by atoms with Crippen molar-refractivity contribution in [2.24, 2.45) is 0 Å². The summed E-state index contributed by atoms with van der Waals surface area (Å²) in [5.74, 6) is -0.222. The highest BCUT2D eigenvalue weighted by Gasteiger charge is 2.51. The molecule has 5 heteroatoms. The van der Waals surface area contributed by atoms with Gasteiger partial charge in [0.05, 0.1) is 12.5 Å². The molecule has 2 aromatic rings. The number of Topliss-reactive ketones (excluding diaryl/α,β-unsaturated/α-hetero) is 1. The first-order valence-corrected chi connectivity index (χ1v) is 16.8. The molecule has 2 rings (SSSR count). The number of benzene rings is 2. The predicted molar refractivity (Wildman–Crippen MR) is 176 cm³/mol. The zero-order valence-electron chi connectivity index (χ0n) is 25.5. The number of ketones is 1. The summed E-state index contributed by atoms with van der Waals surface area (Å²) in [4.78, 5) is 16.8. The quantitative estimate of drug-likeness (QED) is 0.0346. The summed E-state index contributed by atoms with van der Waals surface area (Å²) in [6.45, 7) is 12.6. The Morgan fingerprint density at radius 2 is 1.56 bits per heavy atom. The minimum Gasteiger partial charge on any atom is -0.401 e. The zero-order chi connectivity index (χ0) is 30.0. The molecule has 2 aromatic carbocycles. The number of allylic oxidation sites excluding steroid dienone is 6. The molecule has 0 aromatic heterocycles. The molecule has 0 N–H and O–H groups in total. The van der Waals surface area contributed by atoms with Crippen LogP contribution in [0.2, 0.25) is 5.04 Å². The Morgan fingerprint density at radius 1 is 0.927 bits per heavy atom. The Kier molecular flexibility index (Phi) is 15.0. The first-order chi connectivity index (χ1) is 19.8. The topological polar surface area (TPSA) is 62.7 Å². The summed E-state index contributed by atoms with van der Waals surface area (Å²) in [6.07, 6.45) is 20.1. The van der Waals surface area contributed by atoms with Gasteiger partial charge in [0.25, 0.3) is 8.32 Å². The largest absolute Gasteiger partial charge is 0.401 e. The zero-order valence-corrected chi connectivity index (χ0v) is 26.5. The molecule has 0 saturated carbocycles. The van der Waals surface area contributed by atoms with Crippen LogP contribution in [0, 0.1) is 0 Å². The van der Waals surface area contributed by atoms with Crippen molar-refractivity contribution in [3.63, 3.8) is 0 Å². The van der Waals surface area contributed by atoms with Crippen LogP contribution in [0.3, 0.4) is 0 Å². The van der Waals surface area contributed by atoms with Gasteiger partial charge in [-0.2, -0.15) is 4.79 Å². The fraction of sp³-hybridized carbons (Fsp3) is 0.389. The number of carbonyl (C=O) groups excluding carboxylic acids is 1. The van der Waals surface area contributed by atoms with Gasteiger partial charge in [-0.05, 0) is 41.1 Å². The number of rotatable bonds is 18. The van der Waals surface area contributed by atoms with E-state index in [1.807, 2.05) is 48.6 Å². The third-order valence-corrected chi connectivity index (χ3v) is 12.2. The van der Waals surface area contributed by atoms with Crippen LogP contribution in [-0.4, -0.2) is 30.7 Å². The summed E-state index contributed by atoms with van der Waals surface area (Å²) in [6, 6.07) is 20.9. The van der Waals surface area contributed by atoms with Gasteiger partial charge in [0, 0.05) is 6.42 Å². The molecule has 0 fully saturated rings. The molecule has 0 aliphatic carbocycles. The number of hydrogen-bond donors (Lipinski definition) is 0. The summed E-state index contributed by atoms with van der Waals surface area (Å²) >= 11 is 0. The highest BCUT2D eigenvalue weighted by molar-refractivity contribution is 6.99. The van der Waals surface area contributed by atoms with Crippen molar-refractivity contribution in [2.75, 3.05) is 0 Å². The number of hydrogen-bond acceptors (Lipinski definition) is 2. The fourth-order valence-electron chi connectivity index (χ4n) is 4.98. The lowest BCUT2D eigenvalue weighted by Crippen LogP contribution is -2.67. The van der Waals surface area contributed by atoms with Gasteiger partial charge in [-0.15, -0.1) is 6.58 Å². The smallest absolute Gasteiger partial charge is 0.338 e. The molecule has 0 aliphatic heterocycles. The van der Waals surface area contributed by atoms with E-state index in [0.717, 1.165) is 36.1 Å². The Labute approximate surface area is 249 Å². The van der Waals surface area contributed by atoms with E-state index in [-0.39, 0.29) is 29.4 Å². The molecule has 0 bridgehead atoms. The minimum atomic E-state index is -2.90. The fourth-order valence-corrected chi connectivity index (χ4v) is 9.61. The van der Waals surface area contributed by atoms with E-state index < -0.39 is 14.4 Å². The van der Waals surface area contributed by atoms with Crippen molar-refractivity contribution in [1.82, 2.24) is 0 Å². The molecule has 1 atom stereocenters. The monoisotopic (exact) mass is 568 g/mol. The molecular weight excluding hydrogens is 520 g/mol. The van der Waals surface area contributed by atoms with Crippen molar-refractivity contribution < 1.29 is 14.0 Å². The van der Waals surface area contributed by atoms with Crippen molar-refractivity contribution in [2.45, 2.75) is 90.2 Å². The standard InChI is InChI=1S/C36H48N2O2Si/c1-6-8-10-12-13-15-18-24-31(30-35(39)34(38-37)29-23-14-11-9-7-2)40-41(36(3,4)5,32-25-19-16-20-26-32)33-27-21-17-22-28-33/h7,13-28,31H,2,6,8-12,29-30H2,1,3-5H3/b15-13+,23-14-,24-18+. The van der Waals surface area contributed by atoms with Crippen molar-refractivity contribution in [1.29, 1.82) is 0 Å². The van der Waals surface area contributed by atoms with Gasteiger partial charge in [0.2, 0.25) is 5.78 Å². The molecule has 0 saturated heterocycles. The van der Waals surface area contributed by atoms with Gasteiger partial charge in [-0.1, -0.05) is 144 Å². The lowest BCUT2D eigenvalue weighted by Gasteiger charge is -2.44. The van der Waals surface area contributed by atoms with E-state index in [4.69, 9.17) is 4.43 Å². The van der Waals surface area contributed by atoms with Gasteiger partial charge >= 0.3 is 5.71 Å². The molecule has 4 nitrogen and oxygen atoms in total. The SMILES string of the molecule is C=CCC/C=C\CC(=[N+]=[N-])C(=O)CC(/C=C/C=C/CCCCC)O[Si](c1ccccc1)(c1ccccc1)C(C)(C)C. The first-order valence-electron chi connectivity index (χ1n) is 14.9. The lowest BCUT2D eigenvalue weighted by molar-refractivity contribution is -0.118. The van der Waals surface area contributed by atoms with Crippen LogP contribution in [0.25, 0.3) is 5.53 Å². The molecule has 0 amide bonds. The van der Waals surface area contributed by atoms with Crippen molar-refractivity contribution in [3.8, 4) is 0 Å². The first kappa shape index (κ1) is 33.8. The summed E-state index contributed by atoms with van der Waals surface area (Å²) in [7, 11) is -2.90. The summed E-state index contributed by atoms with van der Waals surface area (Å²) < 4.78 is 7.27. The minimum absolute atomic E-state index is 0.0879. The van der Waals surface area contributed by atoms with E-state index >= 15 is 0 Å². The lowest BCUT2D eigenvalue weighted by atomic mass is 10.1. The normalized spacial score (nSPS) is 13.1. The van der Waals surface area contributed by atoms with Gasteiger partial charge in [-0.3, -0.25) is 4.79 Å². The van der Waals surface area contributed by atoms with E-state index in [1.165, 1.54) is 12.8 Å². The van der Waals surface area contributed by atoms with Crippen LogP contribution in [0.15, 0.2) is 110 Å². The third-order valence-electron chi connectivity index (χ3n) is 7.14. The Morgan fingerprint density at radius 3 is 2.10 bits per heavy atom. The average Bonchev–Trinajstić information content (AvgIpc) is 2.97. The maximum atomic E-state index is 13.5. The van der Waals surface area contributed by atoms with E-state index in [9.17, 15) is 10.3 Å². The molecule has 41 heavy (non-hydrogen) atoms. The highest BCUT2D eigenvalue weighted by atomic mass is 28.4. The summed E-state index contributed by atoms with van der Waals surface area (Å²) in [5.41, 5.74) is 9.84. The average molecular weight is 569 g/mol. The Bertz CT molecular complexity index is 1160. The molecule has 1 unspecified atom stereocenters. The van der Waals surface area contributed by atoms with Crippen LogP contribution in [0.1, 0.15) is 79.1 Å². The number of carbonyl (C=O) groups is 1. The highest BCUT2D eigenvalue weighted by Crippen LogP contribution is 2.38. The number of unbranched alkanes of at least 4 members (excludes halogenated alkanes) is 4. The van der Waals surface area contributed by atoms with Crippen LogP contribution >= 0.6 is 0 Å². The molecule has 0 spiro atoms. The van der Waals surface area contributed by atoms with Crippen molar-refractivity contribution >= 4 is 30.2 Å². The maximum absolute atomic E-state index is 13.5. The number of nitrogens with zero attached hydrogens (tertiary/aromatic N) is 2. The Hall–Kier alpha value is -3.37. The van der Waals surface area contributed by atoms with Gasteiger partial charge < -0.3 is 9.96 Å². The van der Waals surface area contributed by atoms with Crippen LogP contribution < -0.4 is 10.4 Å². The van der Waals surface area contributed by atoms with E-state index in [0.29, 0.717) is 0 Å². The van der Waals surface area contributed by atoms with Gasteiger partial charge in [0.15, 0.2) is 0 Å². The summed E-state index contributed by atoms with van der Waals surface area (Å²) in [5, 5.41) is 2.07. The molecular formula is C36H48N2O2Si. The third kappa shape index (κ3) is 10.5. The maximum Gasteiger partial charge on any atom is 0.338 e. The van der Waals surface area contributed by atoms with Gasteiger partial charge in [0.1, 0.15) is 0 Å². The molecule has 218 valence electrons. The van der Waals surface area contributed by atoms with Crippen LogP contribution in [0.5, 0.6) is 0 Å².